The van der Waals surface area contributed by atoms with E-state index in [1.54, 1.807) is 0 Å². The van der Waals surface area contributed by atoms with Crippen molar-refractivity contribution in [3.8, 4) is 0 Å². The molecule has 9 nitrogen and oxygen atoms in total. The molecular formula is C22H24FN5O4. The highest BCUT2D eigenvalue weighted by atomic mass is 19.1. The van der Waals surface area contributed by atoms with Crippen molar-refractivity contribution < 1.29 is 23.6 Å². The average molecular weight is 441 g/mol. The number of benzene rings is 1. The average Bonchev–Trinajstić information content (AvgIpc) is 3.38. The summed E-state index contributed by atoms with van der Waals surface area (Å²) in [6, 6.07) is 2.09. The SMILES string of the molecule is O=C1CCC(N2C(=O)c3cc(F)c(N4C[C@H]5C[C@@H]4CN5CC4CNC4)cc3C2=O)C(=O)N1. The van der Waals surface area contributed by atoms with Crippen molar-refractivity contribution in [3.63, 3.8) is 0 Å². The van der Waals surface area contributed by atoms with E-state index in [1.807, 2.05) is 4.90 Å². The van der Waals surface area contributed by atoms with E-state index >= 15 is 4.39 Å². The first-order valence-electron chi connectivity index (χ1n) is 11.2. The van der Waals surface area contributed by atoms with Crippen molar-refractivity contribution >= 4 is 29.3 Å². The van der Waals surface area contributed by atoms with Crippen molar-refractivity contribution in [2.75, 3.05) is 37.6 Å². The monoisotopic (exact) mass is 441 g/mol. The third kappa shape index (κ3) is 2.89. The lowest BCUT2D eigenvalue weighted by molar-refractivity contribution is -0.136. The summed E-state index contributed by atoms with van der Waals surface area (Å²) in [4.78, 5) is 55.0. The number of anilines is 1. The number of piperidine rings is 1. The number of fused-ring (bicyclic) bond motifs is 3. The molecule has 5 aliphatic rings. The van der Waals surface area contributed by atoms with Crippen LogP contribution in [0.25, 0.3) is 0 Å². The number of rotatable bonds is 4. The Balaban J connectivity index is 1.24. The van der Waals surface area contributed by atoms with Crippen molar-refractivity contribution in [2.24, 2.45) is 5.92 Å². The molecule has 0 saturated carbocycles. The number of nitrogens with one attached hydrogen (secondary N) is 2. The van der Waals surface area contributed by atoms with Crippen LogP contribution in [-0.2, 0) is 9.59 Å². The van der Waals surface area contributed by atoms with Crippen molar-refractivity contribution in [2.45, 2.75) is 37.4 Å². The number of hydrogen-bond donors (Lipinski definition) is 2. The Hall–Kier alpha value is -2.85. The second-order valence-corrected chi connectivity index (χ2v) is 9.47. The van der Waals surface area contributed by atoms with E-state index in [-0.39, 0.29) is 30.0 Å². The normalized spacial score (nSPS) is 30.2. The number of halogens is 1. The molecule has 0 radical (unpaired) electrons. The standard InChI is InChI=1S/C22H24FN5O4/c23-16-4-14-15(22(32)28(21(14)31)17-1-2-19(29)25-20(17)30)5-18(16)27-10-12-3-13(27)9-26(12)8-11-6-24-7-11/h4-5,11-13,17,24H,1-3,6-10H2,(H,25,29,30)/t12-,13-,17?/m1/s1. The number of amides is 4. The van der Waals surface area contributed by atoms with Crippen LogP contribution in [0.3, 0.4) is 0 Å². The highest BCUT2D eigenvalue weighted by molar-refractivity contribution is 6.23. The Morgan fingerprint density at radius 1 is 1.00 bits per heavy atom. The molecular weight excluding hydrogens is 417 g/mol. The van der Waals surface area contributed by atoms with E-state index < -0.39 is 35.5 Å². The second kappa shape index (κ2) is 7.08. The van der Waals surface area contributed by atoms with Crippen LogP contribution in [0.2, 0.25) is 0 Å². The summed E-state index contributed by atoms with van der Waals surface area (Å²) >= 11 is 0. The molecule has 6 rings (SSSR count). The van der Waals surface area contributed by atoms with Gasteiger partial charge in [-0.05, 0) is 30.9 Å². The number of carbonyl (C=O) groups excluding carboxylic acids is 4. The molecule has 5 heterocycles. The number of hydrogen-bond acceptors (Lipinski definition) is 7. The molecule has 168 valence electrons. The van der Waals surface area contributed by atoms with Gasteiger partial charge in [0.2, 0.25) is 11.8 Å². The number of carbonyl (C=O) groups is 4. The molecule has 1 aromatic rings. The first-order valence-corrected chi connectivity index (χ1v) is 11.2. The fraction of sp³-hybridized carbons (Fsp3) is 0.545. The number of likely N-dealkylation sites (tertiary alicyclic amines) is 1. The van der Waals surface area contributed by atoms with Gasteiger partial charge in [-0.3, -0.25) is 34.3 Å². The maximum atomic E-state index is 15.1. The van der Waals surface area contributed by atoms with E-state index in [0.29, 0.717) is 24.2 Å². The number of nitrogens with zero attached hydrogens (tertiary/aromatic N) is 3. The molecule has 0 spiro atoms. The van der Waals surface area contributed by atoms with Crippen LogP contribution in [0, 0.1) is 11.7 Å². The molecule has 32 heavy (non-hydrogen) atoms. The van der Waals surface area contributed by atoms with Gasteiger partial charge in [0.05, 0.1) is 16.8 Å². The van der Waals surface area contributed by atoms with Crippen LogP contribution < -0.4 is 15.5 Å². The summed E-state index contributed by atoms with van der Waals surface area (Å²) in [5.41, 5.74) is 0.438. The van der Waals surface area contributed by atoms with Gasteiger partial charge in [0.1, 0.15) is 11.9 Å². The highest BCUT2D eigenvalue weighted by Gasteiger charge is 2.48. The summed E-state index contributed by atoms with van der Waals surface area (Å²) in [6.45, 7) is 4.73. The van der Waals surface area contributed by atoms with Gasteiger partial charge in [-0.2, -0.15) is 0 Å². The van der Waals surface area contributed by atoms with Crippen LogP contribution in [-0.4, -0.2) is 84.3 Å². The molecule has 1 aromatic carbocycles. The fourth-order valence-electron chi connectivity index (χ4n) is 5.78. The summed E-state index contributed by atoms with van der Waals surface area (Å²) in [7, 11) is 0. The van der Waals surface area contributed by atoms with Crippen molar-refractivity contribution in [1.29, 1.82) is 0 Å². The zero-order valence-corrected chi connectivity index (χ0v) is 17.5. The Morgan fingerprint density at radius 2 is 1.75 bits per heavy atom. The van der Waals surface area contributed by atoms with E-state index in [0.717, 1.165) is 43.6 Å². The maximum Gasteiger partial charge on any atom is 0.262 e. The molecule has 2 bridgehead atoms. The first kappa shape index (κ1) is 19.8. The molecule has 10 heteroatoms. The van der Waals surface area contributed by atoms with Crippen molar-refractivity contribution in [1.82, 2.24) is 20.4 Å². The van der Waals surface area contributed by atoms with Gasteiger partial charge in [-0.15, -0.1) is 0 Å². The molecule has 3 atom stereocenters. The van der Waals surface area contributed by atoms with Crippen LogP contribution in [0.1, 0.15) is 40.0 Å². The van der Waals surface area contributed by atoms with Gasteiger partial charge in [-0.1, -0.05) is 0 Å². The minimum Gasteiger partial charge on any atom is -0.363 e. The fourth-order valence-corrected chi connectivity index (χ4v) is 5.78. The predicted octanol–water partition coefficient (Wildman–Crippen LogP) is -0.291. The van der Waals surface area contributed by atoms with Gasteiger partial charge in [0.15, 0.2) is 0 Å². The van der Waals surface area contributed by atoms with Crippen LogP contribution >= 0.6 is 0 Å². The lowest BCUT2D eigenvalue weighted by Gasteiger charge is -2.39. The Kier molecular flexibility index (Phi) is 4.38. The molecule has 5 aliphatic heterocycles. The summed E-state index contributed by atoms with van der Waals surface area (Å²) in [5, 5.41) is 5.46. The zero-order chi connectivity index (χ0) is 22.1. The quantitative estimate of drug-likeness (QED) is 0.619. The topological polar surface area (TPSA) is 102 Å². The van der Waals surface area contributed by atoms with Gasteiger partial charge in [0.25, 0.3) is 11.8 Å². The summed E-state index contributed by atoms with van der Waals surface area (Å²) in [6.07, 6.45) is 1.09. The third-order valence-electron chi connectivity index (χ3n) is 7.53. The molecule has 0 aromatic heterocycles. The number of imide groups is 2. The van der Waals surface area contributed by atoms with E-state index in [1.165, 1.54) is 6.07 Å². The molecule has 4 amide bonds. The summed E-state index contributed by atoms with van der Waals surface area (Å²) in [5.74, 6) is -2.24. The maximum absolute atomic E-state index is 15.1. The van der Waals surface area contributed by atoms with Gasteiger partial charge in [0, 0.05) is 51.2 Å². The van der Waals surface area contributed by atoms with Crippen LogP contribution in [0.15, 0.2) is 12.1 Å². The molecule has 4 fully saturated rings. The Morgan fingerprint density at radius 3 is 2.38 bits per heavy atom. The number of piperazine rings is 1. The first-order chi connectivity index (χ1) is 15.4. The largest absolute Gasteiger partial charge is 0.363 e. The zero-order valence-electron chi connectivity index (χ0n) is 17.5. The van der Waals surface area contributed by atoms with E-state index in [9.17, 15) is 19.2 Å². The minimum atomic E-state index is -1.05. The molecule has 4 saturated heterocycles. The van der Waals surface area contributed by atoms with Gasteiger partial charge >= 0.3 is 0 Å². The second-order valence-electron chi connectivity index (χ2n) is 9.47. The predicted molar refractivity (Wildman–Crippen MR) is 111 cm³/mol. The lowest BCUT2D eigenvalue weighted by atomic mass is 10.0. The Bertz CT molecular complexity index is 1060. The Labute approximate surface area is 183 Å². The molecule has 0 aliphatic carbocycles. The summed E-state index contributed by atoms with van der Waals surface area (Å²) < 4.78 is 15.1. The molecule has 2 N–H and O–H groups in total. The van der Waals surface area contributed by atoms with E-state index in [2.05, 4.69) is 15.5 Å². The molecule has 1 unspecified atom stereocenters. The van der Waals surface area contributed by atoms with Crippen LogP contribution in [0.4, 0.5) is 10.1 Å². The van der Waals surface area contributed by atoms with Gasteiger partial charge < -0.3 is 10.2 Å². The van der Waals surface area contributed by atoms with Gasteiger partial charge in [-0.25, -0.2) is 4.39 Å². The lowest BCUT2D eigenvalue weighted by Crippen LogP contribution is -2.54. The van der Waals surface area contributed by atoms with Crippen molar-refractivity contribution in [3.05, 3.63) is 29.1 Å². The van der Waals surface area contributed by atoms with Crippen LogP contribution in [0.5, 0.6) is 0 Å². The smallest absolute Gasteiger partial charge is 0.262 e. The van der Waals surface area contributed by atoms with E-state index in [4.69, 9.17) is 0 Å². The minimum absolute atomic E-state index is 0.0237. The highest BCUT2D eigenvalue weighted by Crippen LogP contribution is 2.39. The third-order valence-corrected chi connectivity index (χ3v) is 7.53.